The maximum atomic E-state index is 5.50. The van der Waals surface area contributed by atoms with Crippen LogP contribution in [0.3, 0.4) is 0 Å². The zero-order valence-electron chi connectivity index (χ0n) is 23.3. The Bertz CT molecular complexity index is 1000. The Morgan fingerprint density at radius 2 is 1.40 bits per heavy atom. The van der Waals surface area contributed by atoms with Crippen molar-refractivity contribution in [3.63, 3.8) is 0 Å². The third-order valence-electron chi connectivity index (χ3n) is 5.48. The van der Waals surface area contributed by atoms with Crippen LogP contribution in [0.4, 0.5) is 0 Å². The number of hydrogen-bond acceptors (Lipinski definition) is 2. The Hall–Kier alpha value is -3.26. The molecule has 2 rings (SSSR count). The highest BCUT2D eigenvalue weighted by atomic mass is 14.8. The van der Waals surface area contributed by atoms with E-state index < -0.39 is 0 Å². The zero-order valence-corrected chi connectivity index (χ0v) is 23.3. The van der Waals surface area contributed by atoms with Gasteiger partial charge in [0.15, 0.2) is 0 Å². The third kappa shape index (κ3) is 11.1. The van der Waals surface area contributed by atoms with Gasteiger partial charge < -0.3 is 5.41 Å². The number of aliphatic imine (C=N–C) groups is 1. The highest BCUT2D eigenvalue weighted by Crippen LogP contribution is 2.29. The second kappa shape index (κ2) is 18.1. The minimum absolute atomic E-state index is 0.0677. The van der Waals surface area contributed by atoms with E-state index in [1.807, 2.05) is 20.8 Å². The Morgan fingerprint density at radius 3 is 1.83 bits per heavy atom. The smallest absolute Gasteiger partial charge is 0.0741 e. The van der Waals surface area contributed by atoms with Crippen molar-refractivity contribution in [2.75, 3.05) is 0 Å². The van der Waals surface area contributed by atoms with Gasteiger partial charge in [-0.05, 0) is 70.9 Å². The van der Waals surface area contributed by atoms with E-state index in [0.717, 1.165) is 18.4 Å². The molecule has 0 amide bonds. The van der Waals surface area contributed by atoms with Gasteiger partial charge in [0.2, 0.25) is 0 Å². The Kier molecular flexibility index (Phi) is 16.4. The second-order valence-corrected chi connectivity index (χ2v) is 8.36. The lowest BCUT2D eigenvalue weighted by molar-refractivity contribution is 0.765. The lowest BCUT2D eigenvalue weighted by Gasteiger charge is -2.16. The van der Waals surface area contributed by atoms with Gasteiger partial charge in [-0.3, -0.25) is 4.99 Å². The van der Waals surface area contributed by atoms with Crippen molar-refractivity contribution in [3.8, 4) is 0 Å². The van der Waals surface area contributed by atoms with E-state index in [1.54, 1.807) is 0 Å². The zero-order chi connectivity index (χ0) is 26.8. The Balaban J connectivity index is 0.00000274. The first-order chi connectivity index (χ1) is 16.8. The predicted molar refractivity (Wildman–Crippen MR) is 161 cm³/mol. The molecule has 0 bridgehead atoms. The van der Waals surface area contributed by atoms with Gasteiger partial charge in [-0.25, -0.2) is 0 Å². The molecule has 1 unspecified atom stereocenters. The summed E-state index contributed by atoms with van der Waals surface area (Å²) in [5, 5.41) is 5.50. The molecular formula is C33H46N2. The van der Waals surface area contributed by atoms with E-state index in [-0.39, 0.29) is 6.04 Å². The van der Waals surface area contributed by atoms with E-state index in [1.165, 1.54) is 39.0 Å². The van der Waals surface area contributed by atoms with Crippen LogP contribution in [0.2, 0.25) is 0 Å². The summed E-state index contributed by atoms with van der Waals surface area (Å²) in [5.74, 6) is 0. The lowest BCUT2D eigenvalue weighted by atomic mass is 9.92. The van der Waals surface area contributed by atoms with E-state index in [4.69, 9.17) is 10.4 Å². The fraction of sp³-hybridized carbons (Fsp3) is 0.333. The number of nitrogens with one attached hydrogen (secondary N) is 1. The average molecular weight is 471 g/mol. The van der Waals surface area contributed by atoms with Gasteiger partial charge in [0.25, 0.3) is 0 Å². The molecule has 1 N–H and O–H groups in total. The molecule has 0 fully saturated rings. The molecule has 2 aromatic rings. The predicted octanol–water partition coefficient (Wildman–Crippen LogP) is 9.84. The standard InChI is InChI=1S/C30H37N.C2H6.CH3N/c1-8-10-11-25(7)20-30(22(3)4)31-21-29(27-18-14-24(6)15-19-27)28(9-2)26-16-12-23(5)13-17-26;2*1-2/h8,10-19,21,30H,3,9,20H2,1-2,4-7H3;1-2H3;2H,1H2/b10-8-,25-11+,29-28-,31-21?;;. The molecule has 1 atom stereocenters. The summed E-state index contributed by atoms with van der Waals surface area (Å²) < 4.78 is 0. The molecule has 0 aliphatic heterocycles. The minimum atomic E-state index is 0.0677. The molecule has 0 aliphatic rings. The molecule has 0 radical (unpaired) electrons. The van der Waals surface area contributed by atoms with Crippen LogP contribution in [0.25, 0.3) is 11.1 Å². The normalized spacial score (nSPS) is 12.9. The molecule has 2 nitrogen and oxygen atoms in total. The quantitative estimate of drug-likeness (QED) is 0.164. The Morgan fingerprint density at radius 1 is 0.914 bits per heavy atom. The highest BCUT2D eigenvalue weighted by Gasteiger charge is 2.12. The van der Waals surface area contributed by atoms with Crippen molar-refractivity contribution in [1.82, 2.24) is 0 Å². The highest BCUT2D eigenvalue weighted by molar-refractivity contribution is 6.19. The van der Waals surface area contributed by atoms with Crippen molar-refractivity contribution < 1.29 is 0 Å². The summed E-state index contributed by atoms with van der Waals surface area (Å²) in [5.41, 5.74) is 9.88. The molecule has 0 heterocycles. The lowest BCUT2D eigenvalue weighted by Crippen LogP contribution is -2.07. The second-order valence-electron chi connectivity index (χ2n) is 8.36. The first-order valence-corrected chi connectivity index (χ1v) is 12.5. The fourth-order valence-corrected chi connectivity index (χ4v) is 3.52. The molecule has 0 saturated carbocycles. The summed E-state index contributed by atoms with van der Waals surface area (Å²) in [4.78, 5) is 5.03. The van der Waals surface area contributed by atoms with Crippen LogP contribution in [-0.4, -0.2) is 19.0 Å². The van der Waals surface area contributed by atoms with Crippen molar-refractivity contribution >= 4 is 24.1 Å². The van der Waals surface area contributed by atoms with Crippen molar-refractivity contribution in [3.05, 3.63) is 107 Å². The number of benzene rings is 2. The molecule has 2 heteroatoms. The molecule has 0 spiro atoms. The van der Waals surface area contributed by atoms with E-state index in [2.05, 4.69) is 121 Å². The molecule has 188 valence electrons. The number of rotatable bonds is 9. The molecular weight excluding hydrogens is 424 g/mol. The van der Waals surface area contributed by atoms with Gasteiger partial charge in [0.05, 0.1) is 6.04 Å². The summed E-state index contributed by atoms with van der Waals surface area (Å²) >= 11 is 0. The molecule has 2 aromatic carbocycles. The van der Waals surface area contributed by atoms with Crippen LogP contribution in [0.15, 0.2) is 89.5 Å². The summed E-state index contributed by atoms with van der Waals surface area (Å²) in [6.45, 7) is 23.4. The fourth-order valence-electron chi connectivity index (χ4n) is 3.52. The van der Waals surface area contributed by atoms with Crippen LogP contribution in [0.1, 0.15) is 76.6 Å². The third-order valence-corrected chi connectivity index (χ3v) is 5.48. The van der Waals surface area contributed by atoms with Crippen molar-refractivity contribution in [2.45, 2.75) is 74.3 Å². The molecule has 0 saturated heterocycles. The first-order valence-electron chi connectivity index (χ1n) is 12.5. The summed E-state index contributed by atoms with van der Waals surface area (Å²) in [6.07, 6.45) is 10.2. The van der Waals surface area contributed by atoms with Gasteiger partial charge in [0, 0.05) is 11.8 Å². The molecule has 0 aromatic heterocycles. The van der Waals surface area contributed by atoms with Crippen LogP contribution in [0, 0.1) is 19.3 Å². The number of allylic oxidation sites excluding steroid dienone is 5. The van der Waals surface area contributed by atoms with Crippen LogP contribution in [0.5, 0.6) is 0 Å². The number of hydrogen-bond donors (Lipinski definition) is 1. The topological polar surface area (TPSA) is 36.2 Å². The maximum absolute atomic E-state index is 5.50. The van der Waals surface area contributed by atoms with Gasteiger partial charge in [0.1, 0.15) is 0 Å². The van der Waals surface area contributed by atoms with Crippen LogP contribution in [-0.2, 0) is 0 Å². The monoisotopic (exact) mass is 470 g/mol. The van der Waals surface area contributed by atoms with Crippen LogP contribution >= 0.6 is 0 Å². The Labute approximate surface area is 215 Å². The minimum Gasteiger partial charge on any atom is -0.317 e. The van der Waals surface area contributed by atoms with E-state index >= 15 is 0 Å². The first kappa shape index (κ1) is 31.7. The van der Waals surface area contributed by atoms with Gasteiger partial charge in [-0.15, -0.1) is 0 Å². The molecule has 0 aliphatic carbocycles. The van der Waals surface area contributed by atoms with Crippen LogP contribution < -0.4 is 0 Å². The van der Waals surface area contributed by atoms with Gasteiger partial charge >= 0.3 is 0 Å². The van der Waals surface area contributed by atoms with E-state index in [9.17, 15) is 0 Å². The summed E-state index contributed by atoms with van der Waals surface area (Å²) in [6, 6.07) is 17.6. The SMILES string of the molecule is C=C(C)C(C/C(C)=C/C=C\C)N=C/C(=C(\CC)c1ccc(C)cc1)c1ccc(C)cc1.C=N.CC. The maximum Gasteiger partial charge on any atom is 0.0741 e. The van der Waals surface area contributed by atoms with Gasteiger partial charge in [-0.2, -0.15) is 0 Å². The molecule has 35 heavy (non-hydrogen) atoms. The average Bonchev–Trinajstić information content (AvgIpc) is 2.88. The van der Waals surface area contributed by atoms with E-state index in [0.29, 0.717) is 0 Å². The number of nitrogens with zero attached hydrogens (tertiary/aromatic N) is 1. The largest absolute Gasteiger partial charge is 0.317 e. The van der Waals surface area contributed by atoms with Crippen molar-refractivity contribution in [1.29, 1.82) is 5.41 Å². The number of aryl methyl sites for hydroxylation is 2. The summed E-state index contributed by atoms with van der Waals surface area (Å²) in [7, 11) is 0. The van der Waals surface area contributed by atoms with Crippen molar-refractivity contribution in [2.24, 2.45) is 4.99 Å². The van der Waals surface area contributed by atoms with Gasteiger partial charge in [-0.1, -0.05) is 116 Å².